The molecule has 5 nitrogen and oxygen atoms in total. The quantitative estimate of drug-likeness (QED) is 0.883. The molecule has 0 saturated heterocycles. The number of aromatic carboxylic acids is 1. The van der Waals surface area contributed by atoms with E-state index in [1.54, 1.807) is 0 Å². The van der Waals surface area contributed by atoms with Gasteiger partial charge < -0.3 is 5.11 Å². The highest BCUT2D eigenvalue weighted by Crippen LogP contribution is 2.27. The zero-order valence-electron chi connectivity index (χ0n) is 8.98. The lowest BCUT2D eigenvalue weighted by molar-refractivity contribution is 0.0696. The van der Waals surface area contributed by atoms with Crippen LogP contribution in [0.1, 0.15) is 23.2 Å². The van der Waals surface area contributed by atoms with Crippen LogP contribution in [0.2, 0.25) is 5.02 Å². The summed E-state index contributed by atoms with van der Waals surface area (Å²) in [6, 6.07) is 1.22. The van der Waals surface area contributed by atoms with Gasteiger partial charge in [-0.15, -0.1) is 0 Å². The van der Waals surface area contributed by atoms with E-state index < -0.39 is 32.3 Å². The third-order valence-corrected chi connectivity index (χ3v) is 4.29. The molecular formula is C10H9ClFNO4S. The van der Waals surface area contributed by atoms with Crippen LogP contribution in [0.3, 0.4) is 0 Å². The molecule has 2 rings (SSSR count). The van der Waals surface area contributed by atoms with E-state index in [0.29, 0.717) is 18.9 Å². The van der Waals surface area contributed by atoms with E-state index in [9.17, 15) is 17.6 Å². The van der Waals surface area contributed by atoms with Crippen LogP contribution in [0.15, 0.2) is 17.0 Å². The fourth-order valence-corrected chi connectivity index (χ4v) is 3.00. The summed E-state index contributed by atoms with van der Waals surface area (Å²) in [5.41, 5.74) is -0.450. The predicted octanol–water partition coefficient (Wildman–Crippen LogP) is 1.62. The van der Waals surface area contributed by atoms with E-state index in [4.69, 9.17) is 16.7 Å². The first-order valence-corrected chi connectivity index (χ1v) is 6.92. The average Bonchev–Trinajstić information content (AvgIpc) is 2.99. The third kappa shape index (κ3) is 2.63. The number of hydrogen-bond acceptors (Lipinski definition) is 3. The molecule has 0 heterocycles. The molecule has 0 unspecified atom stereocenters. The van der Waals surface area contributed by atoms with Gasteiger partial charge in [0.15, 0.2) is 0 Å². The monoisotopic (exact) mass is 293 g/mol. The van der Waals surface area contributed by atoms with E-state index in [2.05, 4.69) is 4.72 Å². The molecule has 18 heavy (non-hydrogen) atoms. The van der Waals surface area contributed by atoms with Crippen LogP contribution in [0.4, 0.5) is 4.39 Å². The highest BCUT2D eigenvalue weighted by atomic mass is 35.5. The van der Waals surface area contributed by atoms with E-state index in [1.165, 1.54) is 0 Å². The molecule has 0 aliphatic heterocycles. The number of carboxylic acids is 1. The van der Waals surface area contributed by atoms with Crippen molar-refractivity contribution in [3.05, 3.63) is 28.5 Å². The summed E-state index contributed by atoms with van der Waals surface area (Å²) in [4.78, 5) is 10.1. The lowest BCUT2D eigenvalue weighted by atomic mass is 10.2. The summed E-state index contributed by atoms with van der Waals surface area (Å²) < 4.78 is 39.4. The standard InChI is InChI=1S/C10H9ClFNO4S/c11-7-4-8(12)9(3-6(7)10(14)15)18(16,17)13-5-1-2-5/h3-5,13H,1-2H2,(H,14,15). The van der Waals surface area contributed by atoms with Crippen molar-refractivity contribution >= 4 is 27.6 Å². The molecule has 0 radical (unpaired) electrons. The minimum atomic E-state index is -4.05. The molecule has 98 valence electrons. The van der Waals surface area contributed by atoms with Crippen molar-refractivity contribution in [3.8, 4) is 0 Å². The molecule has 8 heteroatoms. The highest BCUT2D eigenvalue weighted by Gasteiger charge is 2.30. The minimum Gasteiger partial charge on any atom is -0.478 e. The maximum absolute atomic E-state index is 13.6. The van der Waals surface area contributed by atoms with Crippen LogP contribution in [0, 0.1) is 5.82 Å². The number of benzene rings is 1. The zero-order valence-corrected chi connectivity index (χ0v) is 10.6. The molecule has 1 saturated carbocycles. The Morgan fingerprint density at radius 2 is 2.06 bits per heavy atom. The maximum atomic E-state index is 13.6. The molecular weight excluding hydrogens is 285 g/mol. The molecule has 0 amide bonds. The Bertz CT molecular complexity index is 613. The maximum Gasteiger partial charge on any atom is 0.337 e. The van der Waals surface area contributed by atoms with Gasteiger partial charge >= 0.3 is 5.97 Å². The van der Waals surface area contributed by atoms with Gasteiger partial charge in [0.2, 0.25) is 10.0 Å². The van der Waals surface area contributed by atoms with E-state index in [-0.39, 0.29) is 11.1 Å². The van der Waals surface area contributed by atoms with E-state index in [1.807, 2.05) is 0 Å². The number of nitrogens with one attached hydrogen (secondary N) is 1. The van der Waals surface area contributed by atoms with Crippen LogP contribution in [0.5, 0.6) is 0 Å². The summed E-state index contributed by atoms with van der Waals surface area (Å²) in [6.45, 7) is 0. The summed E-state index contributed by atoms with van der Waals surface area (Å²) in [5, 5.41) is 8.48. The second-order valence-corrected chi connectivity index (χ2v) is 6.05. The number of sulfonamides is 1. The number of rotatable bonds is 4. The Labute approximate surface area is 108 Å². The zero-order chi connectivity index (χ0) is 13.5. The van der Waals surface area contributed by atoms with Gasteiger partial charge in [-0.3, -0.25) is 0 Å². The Morgan fingerprint density at radius 3 is 2.56 bits per heavy atom. The summed E-state index contributed by atoms with van der Waals surface area (Å²) >= 11 is 5.53. The van der Waals surface area contributed by atoms with Gasteiger partial charge in [-0.2, -0.15) is 0 Å². The van der Waals surface area contributed by atoms with Crippen molar-refractivity contribution in [2.24, 2.45) is 0 Å². The van der Waals surface area contributed by atoms with E-state index in [0.717, 1.165) is 6.07 Å². The molecule has 1 aromatic rings. The minimum absolute atomic E-state index is 0.196. The van der Waals surface area contributed by atoms with Crippen LogP contribution in [-0.2, 0) is 10.0 Å². The number of hydrogen-bond donors (Lipinski definition) is 2. The Hall–Kier alpha value is -1.18. The Kier molecular flexibility index (Phi) is 3.31. The van der Waals surface area contributed by atoms with Gasteiger partial charge in [0.05, 0.1) is 10.6 Å². The fraction of sp³-hybridized carbons (Fsp3) is 0.300. The predicted molar refractivity (Wildman–Crippen MR) is 61.7 cm³/mol. The van der Waals surface area contributed by atoms with Crippen molar-refractivity contribution in [1.29, 1.82) is 0 Å². The lowest BCUT2D eigenvalue weighted by Crippen LogP contribution is -2.26. The second-order valence-electron chi connectivity index (χ2n) is 3.96. The highest BCUT2D eigenvalue weighted by molar-refractivity contribution is 7.89. The van der Waals surface area contributed by atoms with Crippen molar-refractivity contribution in [2.75, 3.05) is 0 Å². The van der Waals surface area contributed by atoms with Crippen molar-refractivity contribution < 1.29 is 22.7 Å². The van der Waals surface area contributed by atoms with Gasteiger partial charge in [-0.05, 0) is 25.0 Å². The molecule has 1 aliphatic carbocycles. The first-order valence-electron chi connectivity index (χ1n) is 5.06. The van der Waals surface area contributed by atoms with Crippen LogP contribution < -0.4 is 4.72 Å². The van der Waals surface area contributed by atoms with Gasteiger partial charge in [0.25, 0.3) is 0 Å². The smallest absolute Gasteiger partial charge is 0.337 e. The third-order valence-electron chi connectivity index (χ3n) is 2.44. The largest absolute Gasteiger partial charge is 0.478 e. The first-order chi connectivity index (χ1) is 8.31. The van der Waals surface area contributed by atoms with Crippen molar-refractivity contribution in [1.82, 2.24) is 4.72 Å². The summed E-state index contributed by atoms with van der Waals surface area (Å²) in [5.74, 6) is -2.49. The number of carboxylic acid groups (broad SMARTS) is 1. The Morgan fingerprint density at radius 1 is 1.44 bits per heavy atom. The Balaban J connectivity index is 2.49. The summed E-state index contributed by atoms with van der Waals surface area (Å²) in [6.07, 6.45) is 1.39. The molecule has 0 atom stereocenters. The van der Waals surface area contributed by atoms with Crippen LogP contribution in [0.25, 0.3) is 0 Å². The molecule has 1 aromatic carbocycles. The van der Waals surface area contributed by atoms with Crippen LogP contribution in [-0.4, -0.2) is 25.5 Å². The number of carbonyl (C=O) groups is 1. The molecule has 1 fully saturated rings. The number of halogens is 2. The fourth-order valence-electron chi connectivity index (χ4n) is 1.38. The topological polar surface area (TPSA) is 83.5 Å². The first kappa shape index (κ1) is 13.3. The van der Waals surface area contributed by atoms with Gasteiger partial charge in [-0.25, -0.2) is 22.3 Å². The molecule has 0 bridgehead atoms. The molecule has 0 aromatic heterocycles. The van der Waals surface area contributed by atoms with Crippen LogP contribution >= 0.6 is 11.6 Å². The average molecular weight is 294 g/mol. The van der Waals surface area contributed by atoms with Gasteiger partial charge in [0.1, 0.15) is 10.7 Å². The van der Waals surface area contributed by atoms with Gasteiger partial charge in [-0.1, -0.05) is 11.6 Å². The van der Waals surface area contributed by atoms with Crippen molar-refractivity contribution in [3.63, 3.8) is 0 Å². The second kappa shape index (κ2) is 4.49. The summed E-state index contributed by atoms with van der Waals surface area (Å²) in [7, 11) is -4.05. The SMILES string of the molecule is O=C(O)c1cc(S(=O)(=O)NC2CC2)c(F)cc1Cl. The molecule has 1 aliphatic rings. The lowest BCUT2D eigenvalue weighted by Gasteiger charge is -2.08. The normalized spacial score (nSPS) is 15.7. The molecule has 2 N–H and O–H groups in total. The van der Waals surface area contributed by atoms with Gasteiger partial charge in [0, 0.05) is 6.04 Å². The van der Waals surface area contributed by atoms with Crippen molar-refractivity contribution in [2.45, 2.75) is 23.8 Å². The molecule has 0 spiro atoms. The van der Waals surface area contributed by atoms with E-state index >= 15 is 0 Å².